The number of ether oxygens (including phenoxy) is 2. The normalized spacial score (nSPS) is 10.5. The number of hydrogen-bond acceptors (Lipinski definition) is 5. The van der Waals surface area contributed by atoms with E-state index < -0.39 is 6.09 Å². The Morgan fingerprint density at radius 2 is 1.84 bits per heavy atom. The summed E-state index contributed by atoms with van der Waals surface area (Å²) in [6, 6.07) is 10.3. The molecule has 0 saturated carbocycles. The van der Waals surface area contributed by atoms with Crippen molar-refractivity contribution in [1.82, 2.24) is 9.97 Å². The van der Waals surface area contributed by atoms with Crippen molar-refractivity contribution < 1.29 is 19.4 Å². The van der Waals surface area contributed by atoms with Crippen molar-refractivity contribution >= 4 is 34.3 Å². The highest BCUT2D eigenvalue weighted by atomic mass is 35.5. The Bertz CT molecular complexity index is 962. The number of hydrogen-bond donors (Lipinski definition) is 2. The molecule has 128 valence electrons. The first-order chi connectivity index (χ1) is 12.0. The number of carbonyl (C=O) groups is 1. The van der Waals surface area contributed by atoms with E-state index >= 15 is 0 Å². The monoisotopic (exact) mass is 359 g/mol. The highest BCUT2D eigenvalue weighted by Crippen LogP contribution is 2.36. The summed E-state index contributed by atoms with van der Waals surface area (Å²) in [5.74, 6) is 1.05. The molecule has 0 bridgehead atoms. The quantitative estimate of drug-likeness (QED) is 0.682. The number of nitrogens with zero attached hydrogens (tertiary/aromatic N) is 2. The molecule has 1 aromatic heterocycles. The van der Waals surface area contributed by atoms with E-state index in [2.05, 4.69) is 15.3 Å². The van der Waals surface area contributed by atoms with Crippen molar-refractivity contribution in [3.05, 3.63) is 41.7 Å². The van der Waals surface area contributed by atoms with E-state index in [0.717, 1.165) is 0 Å². The van der Waals surface area contributed by atoms with Gasteiger partial charge < -0.3 is 14.6 Å². The average Bonchev–Trinajstić information content (AvgIpc) is 2.59. The van der Waals surface area contributed by atoms with Gasteiger partial charge in [-0.05, 0) is 29.8 Å². The number of rotatable bonds is 4. The summed E-state index contributed by atoms with van der Waals surface area (Å²) in [6.45, 7) is 0. The first kappa shape index (κ1) is 16.8. The molecule has 0 aliphatic heterocycles. The Labute approximate surface area is 148 Å². The number of nitrogens with one attached hydrogen (secondary N) is 1. The zero-order valence-electron chi connectivity index (χ0n) is 13.4. The van der Waals surface area contributed by atoms with E-state index in [0.29, 0.717) is 39.3 Å². The molecular weight excluding hydrogens is 346 g/mol. The van der Waals surface area contributed by atoms with Crippen molar-refractivity contribution in [2.75, 3.05) is 19.5 Å². The predicted octanol–water partition coefficient (Wildman–Crippen LogP) is 4.06. The van der Waals surface area contributed by atoms with Crippen molar-refractivity contribution in [3.8, 4) is 22.8 Å². The molecule has 0 radical (unpaired) electrons. The number of halogens is 1. The van der Waals surface area contributed by atoms with Crippen molar-refractivity contribution in [3.63, 3.8) is 0 Å². The fraction of sp³-hybridized carbons (Fsp3) is 0.118. The Balaban J connectivity index is 2.23. The third kappa shape index (κ3) is 3.41. The summed E-state index contributed by atoms with van der Waals surface area (Å²) in [7, 11) is 3.08. The number of aromatic nitrogens is 2. The minimum absolute atomic E-state index is 0.0753. The van der Waals surface area contributed by atoms with Crippen molar-refractivity contribution in [2.24, 2.45) is 0 Å². The highest BCUT2D eigenvalue weighted by molar-refractivity contribution is 6.29. The second-order valence-corrected chi connectivity index (χ2v) is 5.41. The topological polar surface area (TPSA) is 93.6 Å². The summed E-state index contributed by atoms with van der Waals surface area (Å²) >= 11 is 6.06. The average molecular weight is 360 g/mol. The van der Waals surface area contributed by atoms with Crippen LogP contribution in [0, 0.1) is 0 Å². The van der Waals surface area contributed by atoms with Gasteiger partial charge >= 0.3 is 6.09 Å². The molecule has 2 aromatic carbocycles. The molecule has 0 unspecified atom stereocenters. The molecule has 3 aromatic rings. The van der Waals surface area contributed by atoms with Crippen LogP contribution >= 0.6 is 11.6 Å². The second-order valence-electron chi connectivity index (χ2n) is 5.08. The van der Waals surface area contributed by atoms with Crippen LogP contribution in [0.3, 0.4) is 0 Å². The SMILES string of the molecule is COc1cc2nc(Cl)nc(-c3cccc(NC(=O)O)c3)c2cc1OC. The van der Waals surface area contributed by atoms with Crippen molar-refractivity contribution in [2.45, 2.75) is 0 Å². The number of carboxylic acid groups (broad SMARTS) is 1. The van der Waals surface area contributed by atoms with Gasteiger partial charge in [0, 0.05) is 22.7 Å². The largest absolute Gasteiger partial charge is 0.493 e. The van der Waals surface area contributed by atoms with E-state index in [1.807, 2.05) is 6.07 Å². The van der Waals surface area contributed by atoms with Gasteiger partial charge in [-0.2, -0.15) is 0 Å². The van der Waals surface area contributed by atoms with Gasteiger partial charge in [0.2, 0.25) is 5.28 Å². The number of fused-ring (bicyclic) bond motifs is 1. The third-order valence-electron chi connectivity index (χ3n) is 3.56. The first-order valence-corrected chi connectivity index (χ1v) is 7.59. The van der Waals surface area contributed by atoms with Crippen LogP contribution in [0.5, 0.6) is 11.5 Å². The van der Waals surface area contributed by atoms with E-state index in [9.17, 15) is 4.79 Å². The van der Waals surface area contributed by atoms with Gasteiger partial charge in [-0.3, -0.25) is 5.32 Å². The number of benzene rings is 2. The van der Waals surface area contributed by atoms with Gasteiger partial charge in [0.25, 0.3) is 0 Å². The summed E-state index contributed by atoms with van der Waals surface area (Å²) < 4.78 is 10.6. The van der Waals surface area contributed by atoms with Crippen LogP contribution in [0.15, 0.2) is 36.4 Å². The van der Waals surface area contributed by atoms with Gasteiger partial charge in [0.05, 0.1) is 25.4 Å². The Morgan fingerprint density at radius 3 is 2.52 bits per heavy atom. The predicted molar refractivity (Wildman–Crippen MR) is 94.7 cm³/mol. The summed E-state index contributed by atoms with van der Waals surface area (Å²) in [5, 5.41) is 12.0. The van der Waals surface area contributed by atoms with Crippen LogP contribution in [-0.4, -0.2) is 35.4 Å². The maximum atomic E-state index is 10.8. The smallest absolute Gasteiger partial charge is 0.409 e. The number of methoxy groups -OCH3 is 2. The number of anilines is 1. The molecule has 0 saturated heterocycles. The van der Waals surface area contributed by atoms with E-state index in [-0.39, 0.29) is 5.28 Å². The summed E-state index contributed by atoms with van der Waals surface area (Å²) in [6.07, 6.45) is -1.14. The Morgan fingerprint density at radius 1 is 1.12 bits per heavy atom. The molecule has 0 fully saturated rings. The van der Waals surface area contributed by atoms with Crippen LogP contribution in [-0.2, 0) is 0 Å². The minimum atomic E-state index is -1.14. The van der Waals surface area contributed by atoms with Gasteiger partial charge in [-0.1, -0.05) is 12.1 Å². The summed E-state index contributed by atoms with van der Waals surface area (Å²) in [5.41, 5.74) is 2.26. The zero-order valence-corrected chi connectivity index (χ0v) is 14.2. The summed E-state index contributed by atoms with van der Waals surface area (Å²) in [4.78, 5) is 19.4. The molecule has 2 N–H and O–H groups in total. The number of amides is 1. The van der Waals surface area contributed by atoms with Gasteiger partial charge in [-0.25, -0.2) is 14.8 Å². The molecule has 1 heterocycles. The molecule has 7 nitrogen and oxygen atoms in total. The lowest BCUT2D eigenvalue weighted by atomic mass is 10.1. The molecule has 8 heteroatoms. The van der Waals surface area contributed by atoms with Gasteiger partial charge in [-0.15, -0.1) is 0 Å². The maximum absolute atomic E-state index is 10.8. The fourth-order valence-electron chi connectivity index (χ4n) is 2.52. The Kier molecular flexibility index (Phi) is 4.58. The van der Waals surface area contributed by atoms with Crippen LogP contribution in [0.1, 0.15) is 0 Å². The lowest BCUT2D eigenvalue weighted by Crippen LogP contribution is -2.07. The van der Waals surface area contributed by atoms with Crippen molar-refractivity contribution in [1.29, 1.82) is 0 Å². The molecule has 0 spiro atoms. The first-order valence-electron chi connectivity index (χ1n) is 7.21. The molecule has 1 amide bonds. The van der Waals surface area contributed by atoms with E-state index in [1.165, 1.54) is 14.2 Å². The van der Waals surface area contributed by atoms with Crippen LogP contribution < -0.4 is 14.8 Å². The van der Waals surface area contributed by atoms with Crippen LogP contribution in [0.2, 0.25) is 5.28 Å². The minimum Gasteiger partial charge on any atom is -0.493 e. The third-order valence-corrected chi connectivity index (χ3v) is 3.73. The maximum Gasteiger partial charge on any atom is 0.409 e. The lowest BCUT2D eigenvalue weighted by molar-refractivity contribution is 0.210. The fourth-order valence-corrected chi connectivity index (χ4v) is 2.69. The molecule has 0 atom stereocenters. The standard InChI is InChI=1S/C17H14ClN3O4/c1-24-13-7-11-12(8-14(13)25-2)20-16(18)21-15(11)9-4-3-5-10(6-9)19-17(22)23/h3-8,19H,1-2H3,(H,22,23). The molecule has 3 rings (SSSR count). The van der Waals surface area contributed by atoms with Gasteiger partial charge in [0.15, 0.2) is 11.5 Å². The highest BCUT2D eigenvalue weighted by Gasteiger charge is 2.14. The van der Waals surface area contributed by atoms with Gasteiger partial charge in [0.1, 0.15) is 0 Å². The van der Waals surface area contributed by atoms with Crippen LogP contribution in [0.4, 0.5) is 10.5 Å². The zero-order chi connectivity index (χ0) is 18.0. The van der Waals surface area contributed by atoms with E-state index in [4.69, 9.17) is 26.2 Å². The molecule has 0 aliphatic carbocycles. The lowest BCUT2D eigenvalue weighted by Gasteiger charge is -2.12. The molecule has 0 aliphatic rings. The molecular formula is C17H14ClN3O4. The van der Waals surface area contributed by atoms with Crippen LogP contribution in [0.25, 0.3) is 22.2 Å². The molecule has 25 heavy (non-hydrogen) atoms. The Hall–Kier alpha value is -3.06. The second kappa shape index (κ2) is 6.82. The van der Waals surface area contributed by atoms with E-state index in [1.54, 1.807) is 30.3 Å².